The second kappa shape index (κ2) is 6.97. The molecule has 0 aromatic heterocycles. The van der Waals surface area contributed by atoms with Crippen LogP contribution in [-0.4, -0.2) is 48.3 Å². The van der Waals surface area contributed by atoms with Crippen molar-refractivity contribution in [1.82, 2.24) is 4.90 Å². The molecule has 1 saturated heterocycles. The van der Waals surface area contributed by atoms with Crippen LogP contribution in [0.2, 0.25) is 0 Å². The van der Waals surface area contributed by atoms with Crippen LogP contribution >= 0.6 is 0 Å². The summed E-state index contributed by atoms with van der Waals surface area (Å²) in [5.74, 6) is -0.154. The zero-order valence-electron chi connectivity index (χ0n) is 13.5. The number of ether oxygens (including phenoxy) is 1. The van der Waals surface area contributed by atoms with E-state index in [1.54, 1.807) is 0 Å². The minimum absolute atomic E-state index is 0.0493. The molecule has 3 atom stereocenters. The highest BCUT2D eigenvalue weighted by Gasteiger charge is 2.41. The highest BCUT2D eigenvalue weighted by Crippen LogP contribution is 2.35. The van der Waals surface area contributed by atoms with E-state index in [1.165, 1.54) is 24.8 Å². The zero-order valence-corrected chi connectivity index (χ0v) is 13.5. The summed E-state index contributed by atoms with van der Waals surface area (Å²) in [4.78, 5) is 14.0. The summed E-state index contributed by atoms with van der Waals surface area (Å²) < 4.78 is 17.8. The van der Waals surface area contributed by atoms with Gasteiger partial charge in [-0.2, -0.15) is 0 Å². The topological polar surface area (TPSA) is 49.8 Å². The molecule has 5 heteroatoms. The lowest BCUT2D eigenvalue weighted by atomic mass is 9.88. The monoisotopic (exact) mass is 321 g/mol. The Kier molecular flexibility index (Phi) is 4.97. The van der Waals surface area contributed by atoms with E-state index < -0.39 is 6.10 Å². The largest absolute Gasteiger partial charge is 0.469 e. The first-order valence-corrected chi connectivity index (χ1v) is 8.34. The first-order chi connectivity index (χ1) is 11.1. The number of hydrogen-bond donors (Lipinski definition) is 1. The van der Waals surface area contributed by atoms with Crippen LogP contribution in [0.3, 0.4) is 0 Å². The molecule has 126 valence electrons. The lowest BCUT2D eigenvalue weighted by Gasteiger charge is -2.37. The van der Waals surface area contributed by atoms with Crippen LogP contribution in [0.4, 0.5) is 4.39 Å². The van der Waals surface area contributed by atoms with E-state index in [1.807, 2.05) is 12.1 Å². The van der Waals surface area contributed by atoms with E-state index in [0.29, 0.717) is 18.8 Å². The van der Waals surface area contributed by atoms with Gasteiger partial charge in [0.1, 0.15) is 5.82 Å². The SMILES string of the molecule is COC(=O)[C@@H]1C[C@@H](O)[C@@H](N2CCC(c3ccc(F)cc3)CC2)C1. The molecule has 23 heavy (non-hydrogen) atoms. The fourth-order valence-electron chi connectivity index (χ4n) is 4.04. The number of nitrogens with zero attached hydrogens (tertiary/aromatic N) is 1. The number of rotatable bonds is 3. The Hall–Kier alpha value is -1.46. The summed E-state index contributed by atoms with van der Waals surface area (Å²) in [6.07, 6.45) is 2.71. The molecule has 2 fully saturated rings. The maximum atomic E-state index is 13.0. The van der Waals surface area contributed by atoms with Crippen molar-refractivity contribution in [2.45, 2.75) is 43.7 Å². The zero-order chi connectivity index (χ0) is 16.4. The van der Waals surface area contributed by atoms with Gasteiger partial charge < -0.3 is 9.84 Å². The number of aliphatic hydroxyl groups is 1. The summed E-state index contributed by atoms with van der Waals surface area (Å²) >= 11 is 0. The molecule has 1 aliphatic heterocycles. The van der Waals surface area contributed by atoms with Crippen LogP contribution in [0, 0.1) is 11.7 Å². The number of halogens is 1. The standard InChI is InChI=1S/C18H24FNO3/c1-23-18(22)14-10-16(17(21)11-14)20-8-6-13(7-9-20)12-2-4-15(19)5-3-12/h2-5,13-14,16-17,21H,6-11H2,1H3/t14-,16-,17+/m0/s1. The quantitative estimate of drug-likeness (QED) is 0.868. The van der Waals surface area contributed by atoms with E-state index in [-0.39, 0.29) is 23.7 Å². The predicted molar refractivity (Wildman–Crippen MR) is 84.5 cm³/mol. The van der Waals surface area contributed by atoms with Crippen molar-refractivity contribution in [3.63, 3.8) is 0 Å². The third-order valence-electron chi connectivity index (χ3n) is 5.37. The van der Waals surface area contributed by atoms with Crippen LogP contribution < -0.4 is 0 Å². The Morgan fingerprint density at radius 3 is 2.48 bits per heavy atom. The summed E-state index contributed by atoms with van der Waals surface area (Å²) in [5.41, 5.74) is 1.19. The van der Waals surface area contributed by atoms with Crippen molar-refractivity contribution in [2.24, 2.45) is 5.92 Å². The molecule has 0 unspecified atom stereocenters. The third-order valence-corrected chi connectivity index (χ3v) is 5.37. The Morgan fingerprint density at radius 2 is 1.87 bits per heavy atom. The van der Waals surface area contributed by atoms with Crippen LogP contribution in [-0.2, 0) is 9.53 Å². The van der Waals surface area contributed by atoms with Crippen molar-refractivity contribution in [2.75, 3.05) is 20.2 Å². The van der Waals surface area contributed by atoms with Crippen molar-refractivity contribution >= 4 is 5.97 Å². The lowest BCUT2D eigenvalue weighted by molar-refractivity contribution is -0.145. The first-order valence-electron chi connectivity index (χ1n) is 8.34. The van der Waals surface area contributed by atoms with Gasteiger partial charge in [0.15, 0.2) is 0 Å². The molecule has 0 spiro atoms. The molecule has 2 aliphatic rings. The average Bonchev–Trinajstić information content (AvgIpc) is 2.97. The lowest BCUT2D eigenvalue weighted by Crippen LogP contribution is -2.44. The first kappa shape index (κ1) is 16.4. The molecular formula is C18H24FNO3. The molecule has 0 bridgehead atoms. The molecule has 4 nitrogen and oxygen atoms in total. The summed E-state index contributed by atoms with van der Waals surface area (Å²) in [6.45, 7) is 1.80. The fraction of sp³-hybridized carbons (Fsp3) is 0.611. The number of hydrogen-bond acceptors (Lipinski definition) is 4. The number of benzene rings is 1. The molecule has 0 amide bonds. The number of methoxy groups -OCH3 is 1. The maximum Gasteiger partial charge on any atom is 0.308 e. The number of aliphatic hydroxyl groups excluding tert-OH is 1. The van der Waals surface area contributed by atoms with Crippen LogP contribution in [0.25, 0.3) is 0 Å². The maximum absolute atomic E-state index is 13.0. The highest BCUT2D eigenvalue weighted by molar-refractivity contribution is 5.72. The van der Waals surface area contributed by atoms with E-state index in [4.69, 9.17) is 4.74 Å². The van der Waals surface area contributed by atoms with Crippen molar-refractivity contribution in [3.05, 3.63) is 35.6 Å². The molecule has 1 aromatic rings. The number of carbonyl (C=O) groups excluding carboxylic acids is 1. The van der Waals surface area contributed by atoms with Gasteiger partial charge in [0.25, 0.3) is 0 Å². The predicted octanol–water partition coefficient (Wildman–Crippen LogP) is 2.32. The Morgan fingerprint density at radius 1 is 1.22 bits per heavy atom. The van der Waals surface area contributed by atoms with E-state index >= 15 is 0 Å². The summed E-state index contributed by atoms with van der Waals surface area (Å²) in [5, 5.41) is 10.3. The van der Waals surface area contributed by atoms with Gasteiger partial charge >= 0.3 is 5.97 Å². The summed E-state index contributed by atoms with van der Waals surface area (Å²) in [7, 11) is 1.40. The van der Waals surface area contributed by atoms with Gasteiger partial charge in [-0.3, -0.25) is 9.69 Å². The Labute approximate surface area is 136 Å². The van der Waals surface area contributed by atoms with E-state index in [0.717, 1.165) is 25.9 Å². The molecule has 0 radical (unpaired) electrons. The fourth-order valence-corrected chi connectivity index (χ4v) is 4.04. The number of carbonyl (C=O) groups is 1. The van der Waals surface area contributed by atoms with Gasteiger partial charge in [-0.1, -0.05) is 12.1 Å². The van der Waals surface area contributed by atoms with Crippen molar-refractivity contribution in [1.29, 1.82) is 0 Å². The molecule has 1 aromatic carbocycles. The Balaban J connectivity index is 1.56. The molecule has 1 saturated carbocycles. The van der Waals surface area contributed by atoms with Gasteiger partial charge in [0.2, 0.25) is 0 Å². The number of piperidine rings is 1. The molecular weight excluding hydrogens is 297 g/mol. The molecule has 3 rings (SSSR count). The van der Waals surface area contributed by atoms with Crippen LogP contribution in [0.1, 0.15) is 37.2 Å². The highest BCUT2D eigenvalue weighted by atomic mass is 19.1. The van der Waals surface area contributed by atoms with Gasteiger partial charge in [0.05, 0.1) is 19.1 Å². The average molecular weight is 321 g/mol. The molecule has 1 aliphatic carbocycles. The third kappa shape index (κ3) is 3.56. The van der Waals surface area contributed by atoms with E-state index in [2.05, 4.69) is 4.90 Å². The molecule has 1 heterocycles. The normalized spacial score (nSPS) is 29.6. The van der Waals surface area contributed by atoms with Gasteiger partial charge in [-0.15, -0.1) is 0 Å². The minimum Gasteiger partial charge on any atom is -0.469 e. The minimum atomic E-state index is -0.457. The van der Waals surface area contributed by atoms with E-state index in [9.17, 15) is 14.3 Å². The summed E-state index contributed by atoms with van der Waals surface area (Å²) in [6, 6.07) is 6.82. The van der Waals surface area contributed by atoms with Gasteiger partial charge in [0, 0.05) is 6.04 Å². The second-order valence-electron chi connectivity index (χ2n) is 6.69. The number of likely N-dealkylation sites (tertiary alicyclic amines) is 1. The number of esters is 1. The van der Waals surface area contributed by atoms with Gasteiger partial charge in [-0.25, -0.2) is 4.39 Å². The van der Waals surface area contributed by atoms with Gasteiger partial charge in [-0.05, 0) is 62.4 Å². The second-order valence-corrected chi connectivity index (χ2v) is 6.69. The molecule has 1 N–H and O–H groups in total. The smallest absolute Gasteiger partial charge is 0.308 e. The van der Waals surface area contributed by atoms with Crippen molar-refractivity contribution in [3.8, 4) is 0 Å². The Bertz CT molecular complexity index is 540. The van der Waals surface area contributed by atoms with Crippen LogP contribution in [0.15, 0.2) is 24.3 Å². The van der Waals surface area contributed by atoms with Crippen molar-refractivity contribution < 1.29 is 19.0 Å². The van der Waals surface area contributed by atoms with Crippen LogP contribution in [0.5, 0.6) is 0 Å².